The molecule has 2 aromatic carbocycles. The van der Waals surface area contributed by atoms with Crippen molar-refractivity contribution < 1.29 is 13.9 Å². The average molecular weight is 489 g/mol. The molecule has 0 spiro atoms. The van der Waals surface area contributed by atoms with Crippen LogP contribution in [-0.4, -0.2) is 18.0 Å². The van der Waals surface area contributed by atoms with E-state index in [1.807, 2.05) is 30.3 Å². The third-order valence-corrected chi connectivity index (χ3v) is 7.97. The van der Waals surface area contributed by atoms with Gasteiger partial charge in [-0.3, -0.25) is 9.69 Å². The van der Waals surface area contributed by atoms with Crippen molar-refractivity contribution in [2.45, 2.75) is 6.54 Å². The van der Waals surface area contributed by atoms with Gasteiger partial charge in [0.15, 0.2) is 5.13 Å². The number of hydrogen-bond donors (Lipinski definition) is 0. The molecule has 0 unspecified atom stereocenters. The van der Waals surface area contributed by atoms with Gasteiger partial charge in [-0.25, -0.2) is 4.98 Å². The number of fused-ring (bicyclic) bond motifs is 2. The molecule has 0 aliphatic carbocycles. The summed E-state index contributed by atoms with van der Waals surface area (Å²) in [6.07, 6.45) is 1.57. The predicted molar refractivity (Wildman–Crippen MR) is 127 cm³/mol. The molecule has 1 amide bonds. The highest BCUT2D eigenvalue weighted by Gasteiger charge is 2.28. The number of thiophene rings is 1. The van der Waals surface area contributed by atoms with Crippen molar-refractivity contribution in [3.63, 3.8) is 0 Å². The summed E-state index contributed by atoms with van der Waals surface area (Å²) in [4.78, 5) is 20.4. The minimum atomic E-state index is -0.253. The number of furan rings is 1. The molecule has 0 saturated heterocycles. The van der Waals surface area contributed by atoms with Crippen LogP contribution in [0.25, 0.3) is 20.3 Å². The van der Waals surface area contributed by atoms with E-state index in [1.165, 1.54) is 22.7 Å². The van der Waals surface area contributed by atoms with Crippen LogP contribution in [0.2, 0.25) is 10.0 Å². The molecular weight excluding hydrogens is 475 g/mol. The number of anilines is 1. The lowest BCUT2D eigenvalue weighted by atomic mass is 10.2. The molecule has 5 rings (SSSR count). The summed E-state index contributed by atoms with van der Waals surface area (Å²) in [6.45, 7) is 0.205. The molecule has 31 heavy (non-hydrogen) atoms. The molecule has 0 radical (unpaired) electrons. The number of methoxy groups -OCH3 is 1. The van der Waals surface area contributed by atoms with Gasteiger partial charge in [-0.15, -0.1) is 11.3 Å². The van der Waals surface area contributed by atoms with Gasteiger partial charge in [-0.1, -0.05) is 52.7 Å². The van der Waals surface area contributed by atoms with Gasteiger partial charge in [0.1, 0.15) is 21.9 Å². The van der Waals surface area contributed by atoms with Crippen LogP contribution in [0.5, 0.6) is 5.75 Å². The number of thiazole rings is 1. The topological polar surface area (TPSA) is 55.6 Å². The van der Waals surface area contributed by atoms with Crippen molar-refractivity contribution in [2.24, 2.45) is 0 Å². The van der Waals surface area contributed by atoms with Crippen LogP contribution in [-0.2, 0) is 6.54 Å². The van der Waals surface area contributed by atoms with Crippen LogP contribution in [0.3, 0.4) is 0 Å². The fraction of sp³-hybridized carbons (Fsp3) is 0.0909. The predicted octanol–water partition coefficient (Wildman–Crippen LogP) is 7.27. The van der Waals surface area contributed by atoms with Gasteiger partial charge in [0.2, 0.25) is 0 Å². The Balaban J connectivity index is 1.65. The summed E-state index contributed by atoms with van der Waals surface area (Å²) in [5.74, 6) is 0.965. The van der Waals surface area contributed by atoms with E-state index in [2.05, 4.69) is 4.98 Å². The normalized spacial score (nSPS) is 11.3. The lowest BCUT2D eigenvalue weighted by Crippen LogP contribution is -2.29. The Labute approximate surface area is 195 Å². The van der Waals surface area contributed by atoms with Crippen molar-refractivity contribution in [3.8, 4) is 5.75 Å². The molecule has 0 N–H and O–H groups in total. The second-order valence-corrected chi connectivity index (χ2v) is 9.45. The van der Waals surface area contributed by atoms with E-state index in [9.17, 15) is 4.79 Å². The zero-order valence-corrected chi connectivity index (χ0v) is 19.2. The molecule has 0 bridgehead atoms. The number of benzene rings is 2. The molecule has 5 aromatic rings. The lowest BCUT2D eigenvalue weighted by Gasteiger charge is -2.18. The van der Waals surface area contributed by atoms with Gasteiger partial charge in [0, 0.05) is 10.1 Å². The number of halogens is 2. The molecule has 0 atom stereocenters. The Morgan fingerprint density at radius 1 is 1.13 bits per heavy atom. The van der Waals surface area contributed by atoms with Gasteiger partial charge in [-0.05, 0) is 30.3 Å². The third kappa shape index (κ3) is 3.57. The SMILES string of the molecule is COc1ccc(Cl)c2sc(N(Cc3ccco3)C(=O)c3sc4ccccc4c3Cl)nc12. The highest BCUT2D eigenvalue weighted by atomic mass is 35.5. The van der Waals surface area contributed by atoms with Crippen molar-refractivity contribution in [2.75, 3.05) is 12.0 Å². The number of carbonyl (C=O) groups excluding carboxylic acids is 1. The quantitative estimate of drug-likeness (QED) is 0.261. The molecule has 0 fully saturated rings. The Bertz CT molecular complexity index is 1410. The van der Waals surface area contributed by atoms with Crippen LogP contribution in [0.15, 0.2) is 59.2 Å². The summed E-state index contributed by atoms with van der Waals surface area (Å²) in [7, 11) is 1.57. The maximum Gasteiger partial charge on any atom is 0.272 e. The summed E-state index contributed by atoms with van der Waals surface area (Å²) < 4.78 is 12.6. The van der Waals surface area contributed by atoms with Gasteiger partial charge in [0.25, 0.3) is 5.91 Å². The van der Waals surface area contributed by atoms with Crippen molar-refractivity contribution in [1.82, 2.24) is 4.98 Å². The van der Waals surface area contributed by atoms with E-state index in [-0.39, 0.29) is 12.5 Å². The Morgan fingerprint density at radius 2 is 1.97 bits per heavy atom. The second kappa shape index (κ2) is 8.16. The van der Waals surface area contributed by atoms with Crippen molar-refractivity contribution in [3.05, 3.63) is 75.5 Å². The monoisotopic (exact) mass is 488 g/mol. The zero-order chi connectivity index (χ0) is 21.5. The largest absolute Gasteiger partial charge is 0.494 e. The van der Waals surface area contributed by atoms with Gasteiger partial charge >= 0.3 is 0 Å². The Kier molecular flexibility index (Phi) is 5.35. The number of hydrogen-bond acceptors (Lipinski definition) is 6. The molecule has 0 aliphatic rings. The first-order valence-electron chi connectivity index (χ1n) is 9.21. The summed E-state index contributed by atoms with van der Waals surface area (Å²) >= 11 is 15.7. The maximum atomic E-state index is 13.7. The minimum absolute atomic E-state index is 0.205. The number of aromatic nitrogens is 1. The first-order valence-corrected chi connectivity index (χ1v) is 11.6. The van der Waals surface area contributed by atoms with Gasteiger partial charge in [0.05, 0.1) is 34.7 Å². The molecule has 5 nitrogen and oxygen atoms in total. The molecule has 9 heteroatoms. The molecule has 156 valence electrons. The second-order valence-electron chi connectivity index (χ2n) is 6.64. The Hall–Kier alpha value is -2.58. The number of rotatable bonds is 5. The van der Waals surface area contributed by atoms with Crippen LogP contribution in [0.4, 0.5) is 5.13 Å². The highest BCUT2D eigenvalue weighted by Crippen LogP contribution is 2.41. The van der Waals surface area contributed by atoms with Crippen molar-refractivity contribution >= 4 is 77.2 Å². The Morgan fingerprint density at radius 3 is 2.71 bits per heavy atom. The summed E-state index contributed by atoms with van der Waals surface area (Å²) in [5, 5.41) is 2.32. The number of carbonyl (C=O) groups is 1. The summed E-state index contributed by atoms with van der Waals surface area (Å²) in [5.41, 5.74) is 0.606. The van der Waals surface area contributed by atoms with Crippen LogP contribution >= 0.6 is 45.9 Å². The first-order chi connectivity index (χ1) is 15.1. The van der Waals surface area contributed by atoms with E-state index >= 15 is 0 Å². The minimum Gasteiger partial charge on any atom is -0.494 e. The molecular formula is C22H14Cl2N2O3S2. The number of nitrogens with zero attached hydrogens (tertiary/aromatic N) is 2. The third-order valence-electron chi connectivity index (χ3n) is 4.77. The standard InChI is InChI=1S/C22H14Cl2N2O3S2/c1-28-15-9-8-14(23)19-18(15)25-22(31-19)26(11-12-5-4-10-29-12)21(27)20-17(24)13-6-2-3-7-16(13)30-20/h2-10H,11H2,1H3. The zero-order valence-electron chi connectivity index (χ0n) is 16.1. The molecule has 3 heterocycles. The first kappa shape index (κ1) is 20.3. The van der Waals surface area contributed by atoms with E-state index in [0.717, 1.165) is 14.8 Å². The smallest absolute Gasteiger partial charge is 0.272 e. The number of ether oxygens (including phenoxy) is 1. The molecule has 0 saturated carbocycles. The van der Waals surface area contributed by atoms with Crippen LogP contribution in [0.1, 0.15) is 15.4 Å². The summed E-state index contributed by atoms with van der Waals surface area (Å²) in [6, 6.07) is 14.8. The molecule has 0 aliphatic heterocycles. The van der Waals surface area contributed by atoms with E-state index in [1.54, 1.807) is 36.5 Å². The van der Waals surface area contributed by atoms with Crippen molar-refractivity contribution in [1.29, 1.82) is 0 Å². The fourth-order valence-electron chi connectivity index (χ4n) is 3.28. The van der Waals surface area contributed by atoms with E-state index < -0.39 is 0 Å². The lowest BCUT2D eigenvalue weighted by molar-refractivity contribution is 0.0987. The van der Waals surface area contributed by atoms with Gasteiger partial charge in [-0.2, -0.15) is 0 Å². The van der Waals surface area contributed by atoms with E-state index in [4.69, 9.17) is 32.4 Å². The fourth-order valence-corrected chi connectivity index (χ4v) is 6.00. The van der Waals surface area contributed by atoms with E-state index in [0.29, 0.717) is 37.1 Å². The van der Waals surface area contributed by atoms with Crippen LogP contribution in [0, 0.1) is 0 Å². The highest BCUT2D eigenvalue weighted by molar-refractivity contribution is 7.23. The van der Waals surface area contributed by atoms with Crippen LogP contribution < -0.4 is 9.64 Å². The van der Waals surface area contributed by atoms with Gasteiger partial charge < -0.3 is 9.15 Å². The average Bonchev–Trinajstić information content (AvgIpc) is 3.52. The number of amides is 1. The maximum absolute atomic E-state index is 13.7. The molecule has 3 aromatic heterocycles.